The highest BCUT2D eigenvalue weighted by Gasteiger charge is 2.09. The van der Waals surface area contributed by atoms with Crippen LogP contribution < -0.4 is 0 Å². The maximum atomic E-state index is 8.87. The maximum Gasteiger partial charge on any atom is 0.191 e. The zero-order chi connectivity index (χ0) is 12.3. The molecule has 0 radical (unpaired) electrons. The third kappa shape index (κ3) is 2.54. The SMILES string of the molecule is CC(C)Cc1ccc(-c2conc2C#N)cc1. The number of aromatic nitrogens is 1. The predicted molar refractivity (Wildman–Crippen MR) is 65.2 cm³/mol. The lowest BCUT2D eigenvalue weighted by atomic mass is 9.99. The first-order valence-corrected chi connectivity index (χ1v) is 5.64. The van der Waals surface area contributed by atoms with Crippen LogP contribution in [0, 0.1) is 17.2 Å². The molecule has 0 N–H and O–H groups in total. The molecule has 0 unspecified atom stereocenters. The van der Waals surface area contributed by atoms with E-state index in [1.54, 1.807) is 0 Å². The Kier molecular flexibility index (Phi) is 3.24. The van der Waals surface area contributed by atoms with Crippen LogP contribution in [-0.2, 0) is 6.42 Å². The lowest BCUT2D eigenvalue weighted by Gasteiger charge is -2.05. The maximum absolute atomic E-state index is 8.87. The van der Waals surface area contributed by atoms with Crippen LogP contribution in [-0.4, -0.2) is 5.16 Å². The number of hydrogen-bond acceptors (Lipinski definition) is 3. The Labute approximate surface area is 101 Å². The molecule has 0 amide bonds. The summed E-state index contributed by atoms with van der Waals surface area (Å²) in [7, 11) is 0. The number of hydrogen-bond donors (Lipinski definition) is 0. The van der Waals surface area contributed by atoms with Crippen LogP contribution >= 0.6 is 0 Å². The van der Waals surface area contributed by atoms with Crippen molar-refractivity contribution in [2.75, 3.05) is 0 Å². The molecule has 0 aliphatic heterocycles. The van der Waals surface area contributed by atoms with Crippen LogP contribution in [0.15, 0.2) is 35.1 Å². The Morgan fingerprint density at radius 3 is 2.59 bits per heavy atom. The van der Waals surface area contributed by atoms with Crippen LogP contribution in [0.4, 0.5) is 0 Å². The van der Waals surface area contributed by atoms with Crippen molar-refractivity contribution in [3.8, 4) is 17.2 Å². The molecule has 2 rings (SSSR count). The van der Waals surface area contributed by atoms with Crippen molar-refractivity contribution < 1.29 is 4.52 Å². The molecule has 0 spiro atoms. The molecule has 2 aromatic rings. The summed E-state index contributed by atoms with van der Waals surface area (Å²) in [6, 6.07) is 10.2. The Balaban J connectivity index is 2.27. The molecule has 0 aliphatic rings. The largest absolute Gasteiger partial charge is 0.363 e. The zero-order valence-corrected chi connectivity index (χ0v) is 9.97. The lowest BCUT2D eigenvalue weighted by molar-refractivity contribution is 0.418. The molecule has 17 heavy (non-hydrogen) atoms. The third-order valence-corrected chi connectivity index (χ3v) is 2.58. The average Bonchev–Trinajstić information content (AvgIpc) is 2.77. The van der Waals surface area contributed by atoms with E-state index in [1.165, 1.54) is 11.8 Å². The van der Waals surface area contributed by atoms with Gasteiger partial charge in [-0.1, -0.05) is 43.3 Å². The highest BCUT2D eigenvalue weighted by molar-refractivity contribution is 5.67. The van der Waals surface area contributed by atoms with E-state index in [0.29, 0.717) is 11.6 Å². The van der Waals surface area contributed by atoms with Crippen LogP contribution in [0.25, 0.3) is 11.1 Å². The van der Waals surface area contributed by atoms with E-state index in [2.05, 4.69) is 31.1 Å². The normalized spacial score (nSPS) is 10.5. The van der Waals surface area contributed by atoms with Gasteiger partial charge in [0.2, 0.25) is 0 Å². The van der Waals surface area contributed by atoms with Crippen molar-refractivity contribution in [2.45, 2.75) is 20.3 Å². The van der Waals surface area contributed by atoms with Gasteiger partial charge in [0.15, 0.2) is 5.69 Å². The monoisotopic (exact) mass is 226 g/mol. The summed E-state index contributed by atoms with van der Waals surface area (Å²) >= 11 is 0. The molecule has 1 aromatic carbocycles. The van der Waals surface area contributed by atoms with Gasteiger partial charge in [-0.05, 0) is 23.5 Å². The molecule has 0 aliphatic carbocycles. The average molecular weight is 226 g/mol. The third-order valence-electron chi connectivity index (χ3n) is 2.58. The summed E-state index contributed by atoms with van der Waals surface area (Å²) in [4.78, 5) is 0. The Bertz CT molecular complexity index is 532. The zero-order valence-electron chi connectivity index (χ0n) is 9.97. The van der Waals surface area contributed by atoms with Gasteiger partial charge in [-0.3, -0.25) is 0 Å². The molecule has 86 valence electrons. The van der Waals surface area contributed by atoms with Gasteiger partial charge < -0.3 is 4.52 Å². The molecule has 0 bridgehead atoms. The van der Waals surface area contributed by atoms with Crippen LogP contribution in [0.5, 0.6) is 0 Å². The second kappa shape index (κ2) is 4.84. The van der Waals surface area contributed by atoms with Crippen LogP contribution in [0.3, 0.4) is 0 Å². The molecule has 3 nitrogen and oxygen atoms in total. The second-order valence-electron chi connectivity index (χ2n) is 4.48. The Hall–Kier alpha value is -2.08. The molecular weight excluding hydrogens is 212 g/mol. The molecule has 3 heteroatoms. The molecule has 0 atom stereocenters. The van der Waals surface area contributed by atoms with Gasteiger partial charge in [0.05, 0.1) is 5.56 Å². The number of benzene rings is 1. The van der Waals surface area contributed by atoms with Crippen molar-refractivity contribution in [1.82, 2.24) is 5.16 Å². The minimum Gasteiger partial charge on any atom is -0.363 e. The fourth-order valence-corrected chi connectivity index (χ4v) is 1.81. The van der Waals surface area contributed by atoms with Gasteiger partial charge in [-0.25, -0.2) is 0 Å². The number of nitriles is 1. The molecule has 1 heterocycles. The van der Waals surface area contributed by atoms with Crippen molar-refractivity contribution in [2.24, 2.45) is 5.92 Å². The van der Waals surface area contributed by atoms with Gasteiger partial charge in [0, 0.05) is 0 Å². The van der Waals surface area contributed by atoms with Gasteiger partial charge >= 0.3 is 0 Å². The van der Waals surface area contributed by atoms with E-state index in [0.717, 1.165) is 17.5 Å². The number of nitrogens with zero attached hydrogens (tertiary/aromatic N) is 2. The molecule has 1 aromatic heterocycles. The topological polar surface area (TPSA) is 49.8 Å². The van der Waals surface area contributed by atoms with Crippen LogP contribution in [0.1, 0.15) is 25.1 Å². The van der Waals surface area contributed by atoms with Crippen molar-refractivity contribution in [3.63, 3.8) is 0 Å². The fourth-order valence-electron chi connectivity index (χ4n) is 1.81. The van der Waals surface area contributed by atoms with Gasteiger partial charge in [-0.2, -0.15) is 5.26 Å². The smallest absolute Gasteiger partial charge is 0.191 e. The predicted octanol–water partition coefficient (Wildman–Crippen LogP) is 3.41. The Morgan fingerprint density at radius 2 is 2.00 bits per heavy atom. The first-order valence-electron chi connectivity index (χ1n) is 5.64. The molecule has 0 saturated carbocycles. The van der Waals surface area contributed by atoms with Crippen molar-refractivity contribution >= 4 is 0 Å². The summed E-state index contributed by atoms with van der Waals surface area (Å²) < 4.78 is 4.81. The van der Waals surface area contributed by atoms with E-state index >= 15 is 0 Å². The first-order chi connectivity index (χ1) is 8.20. The Morgan fingerprint density at radius 1 is 1.29 bits per heavy atom. The quantitative estimate of drug-likeness (QED) is 0.805. The van der Waals surface area contributed by atoms with Gasteiger partial charge in [-0.15, -0.1) is 0 Å². The van der Waals surface area contributed by atoms with E-state index in [1.807, 2.05) is 18.2 Å². The molecular formula is C14H14N2O. The first kappa shape index (κ1) is 11.4. The van der Waals surface area contributed by atoms with Gasteiger partial charge in [0.1, 0.15) is 12.3 Å². The summed E-state index contributed by atoms with van der Waals surface area (Å²) in [6.07, 6.45) is 2.57. The van der Waals surface area contributed by atoms with Crippen molar-refractivity contribution in [1.29, 1.82) is 5.26 Å². The van der Waals surface area contributed by atoms with E-state index in [9.17, 15) is 0 Å². The van der Waals surface area contributed by atoms with Gasteiger partial charge in [0.25, 0.3) is 0 Å². The van der Waals surface area contributed by atoms with E-state index in [-0.39, 0.29) is 0 Å². The highest BCUT2D eigenvalue weighted by atomic mass is 16.5. The minimum absolute atomic E-state index is 0.335. The van der Waals surface area contributed by atoms with E-state index in [4.69, 9.17) is 9.78 Å². The van der Waals surface area contributed by atoms with E-state index < -0.39 is 0 Å². The molecule has 0 saturated heterocycles. The van der Waals surface area contributed by atoms with Crippen LogP contribution in [0.2, 0.25) is 0 Å². The summed E-state index contributed by atoms with van der Waals surface area (Å²) in [5.74, 6) is 0.645. The second-order valence-corrected chi connectivity index (χ2v) is 4.48. The number of rotatable bonds is 3. The highest BCUT2D eigenvalue weighted by Crippen LogP contribution is 2.23. The summed E-state index contributed by atoms with van der Waals surface area (Å²) in [6.45, 7) is 4.39. The summed E-state index contributed by atoms with van der Waals surface area (Å²) in [5.41, 5.74) is 3.36. The van der Waals surface area contributed by atoms with Crippen molar-refractivity contribution in [3.05, 3.63) is 41.8 Å². The standard InChI is InChI=1S/C14H14N2O/c1-10(2)7-11-3-5-12(6-4-11)13-9-17-16-14(13)8-15/h3-6,9-10H,7H2,1-2H3. The fraction of sp³-hybridized carbons (Fsp3) is 0.286. The minimum atomic E-state index is 0.335. The lowest BCUT2D eigenvalue weighted by Crippen LogP contribution is -1.93. The summed E-state index contributed by atoms with van der Waals surface area (Å²) in [5, 5.41) is 12.5. The molecule has 0 fully saturated rings.